The zero-order chi connectivity index (χ0) is 16.6. The highest BCUT2D eigenvalue weighted by atomic mass is 16.3. The van der Waals surface area contributed by atoms with Gasteiger partial charge in [0.2, 0.25) is 0 Å². The second-order valence-electron chi connectivity index (χ2n) is 8.27. The summed E-state index contributed by atoms with van der Waals surface area (Å²) in [5, 5.41) is 20.0. The van der Waals surface area contributed by atoms with Gasteiger partial charge in [0.25, 0.3) is 0 Å². The van der Waals surface area contributed by atoms with Gasteiger partial charge in [0, 0.05) is 25.2 Å². The largest absolute Gasteiger partial charge is 0.393 e. The van der Waals surface area contributed by atoms with Gasteiger partial charge >= 0.3 is 0 Å². The van der Waals surface area contributed by atoms with Gasteiger partial charge in [-0.2, -0.15) is 0 Å². The lowest BCUT2D eigenvalue weighted by Gasteiger charge is -2.48. The average molecular weight is 318 g/mol. The molecule has 0 aromatic rings. The van der Waals surface area contributed by atoms with Crippen molar-refractivity contribution < 1.29 is 15.0 Å². The molecule has 1 unspecified atom stereocenters. The molecule has 2 N–H and O–H groups in total. The number of carbonyl (C=O) groups is 1. The lowest BCUT2D eigenvalue weighted by atomic mass is 9.56. The quantitative estimate of drug-likeness (QED) is 0.731. The number of fused-ring (bicyclic) bond motifs is 3. The first-order valence-corrected chi connectivity index (χ1v) is 9.28. The molecular formula is C20H30O3. The van der Waals surface area contributed by atoms with E-state index in [0.29, 0.717) is 42.8 Å². The highest BCUT2D eigenvalue weighted by Crippen LogP contribution is 2.60. The molecule has 7 atom stereocenters. The lowest BCUT2D eigenvalue weighted by molar-refractivity contribution is -0.130. The molecule has 0 amide bonds. The van der Waals surface area contributed by atoms with Crippen LogP contribution in [0.15, 0.2) is 0 Å². The van der Waals surface area contributed by atoms with E-state index >= 15 is 0 Å². The highest BCUT2D eigenvalue weighted by Gasteiger charge is 2.55. The second-order valence-corrected chi connectivity index (χ2v) is 8.27. The van der Waals surface area contributed by atoms with E-state index in [1.807, 2.05) is 6.92 Å². The molecule has 0 bridgehead atoms. The van der Waals surface area contributed by atoms with Crippen LogP contribution in [-0.2, 0) is 4.79 Å². The van der Waals surface area contributed by atoms with E-state index in [9.17, 15) is 15.0 Å². The van der Waals surface area contributed by atoms with Gasteiger partial charge in [-0.05, 0) is 62.2 Å². The lowest BCUT2D eigenvalue weighted by Crippen LogP contribution is -2.45. The van der Waals surface area contributed by atoms with Crippen LogP contribution in [0.5, 0.6) is 0 Å². The van der Waals surface area contributed by atoms with Crippen LogP contribution in [0.25, 0.3) is 0 Å². The SMILES string of the molecule is CC(O)[C@H]1CC[C@H]2[C@@H]3CC#CC[C@@H](O)CCC(=O)[C@H]3CC[C@]12C. The third-order valence-electron chi connectivity index (χ3n) is 7.03. The van der Waals surface area contributed by atoms with Crippen LogP contribution in [0.2, 0.25) is 0 Å². The fraction of sp³-hybridized carbons (Fsp3) is 0.850. The standard InChI is InChI=1S/C20H30O3/c1-13(21)17-8-9-18-15-6-4-3-5-14(22)7-10-19(23)16(15)11-12-20(17,18)2/h13-18,21-22H,5-12H2,1-2H3/t13?,14-,15-,16+,17-,18+,20-/m1/s1. The van der Waals surface area contributed by atoms with Crippen molar-refractivity contribution >= 4 is 5.78 Å². The predicted molar refractivity (Wildman–Crippen MR) is 89.5 cm³/mol. The summed E-state index contributed by atoms with van der Waals surface area (Å²) >= 11 is 0. The van der Waals surface area contributed by atoms with Crippen molar-refractivity contribution in [1.29, 1.82) is 0 Å². The van der Waals surface area contributed by atoms with Gasteiger partial charge in [-0.3, -0.25) is 4.79 Å². The molecule has 0 radical (unpaired) electrons. The van der Waals surface area contributed by atoms with E-state index in [-0.39, 0.29) is 17.4 Å². The molecule has 3 aliphatic rings. The molecule has 3 heteroatoms. The summed E-state index contributed by atoms with van der Waals surface area (Å²) in [6.45, 7) is 4.25. The van der Waals surface area contributed by atoms with Crippen LogP contribution in [0.1, 0.15) is 65.2 Å². The zero-order valence-electron chi connectivity index (χ0n) is 14.4. The molecule has 3 rings (SSSR count). The van der Waals surface area contributed by atoms with Crippen molar-refractivity contribution in [3.8, 4) is 11.8 Å². The minimum absolute atomic E-state index is 0.112. The van der Waals surface area contributed by atoms with Crippen molar-refractivity contribution in [3.05, 3.63) is 0 Å². The summed E-state index contributed by atoms with van der Waals surface area (Å²) in [5.41, 5.74) is 0.154. The molecular weight excluding hydrogens is 288 g/mol. The highest BCUT2D eigenvalue weighted by molar-refractivity contribution is 5.81. The van der Waals surface area contributed by atoms with Crippen molar-refractivity contribution in [2.75, 3.05) is 0 Å². The molecule has 2 fully saturated rings. The number of hydrogen-bond donors (Lipinski definition) is 2. The molecule has 0 saturated heterocycles. The summed E-state index contributed by atoms with van der Waals surface area (Å²) in [4.78, 5) is 12.7. The van der Waals surface area contributed by atoms with Gasteiger partial charge in [0.05, 0.1) is 12.2 Å². The monoisotopic (exact) mass is 318 g/mol. The van der Waals surface area contributed by atoms with E-state index in [4.69, 9.17) is 0 Å². The maximum atomic E-state index is 12.7. The minimum atomic E-state index is -0.456. The van der Waals surface area contributed by atoms with Crippen molar-refractivity contribution in [3.63, 3.8) is 0 Å². The van der Waals surface area contributed by atoms with Crippen LogP contribution in [0, 0.1) is 40.9 Å². The summed E-state index contributed by atoms with van der Waals surface area (Å²) in [6.07, 6.45) is 5.74. The molecule has 2 saturated carbocycles. The fourth-order valence-corrected chi connectivity index (χ4v) is 5.78. The van der Waals surface area contributed by atoms with Crippen LogP contribution in [0.3, 0.4) is 0 Å². The van der Waals surface area contributed by atoms with Gasteiger partial charge in [0.1, 0.15) is 5.78 Å². The van der Waals surface area contributed by atoms with Crippen molar-refractivity contribution in [2.45, 2.75) is 77.4 Å². The van der Waals surface area contributed by atoms with E-state index in [0.717, 1.165) is 32.1 Å². The molecule has 3 nitrogen and oxygen atoms in total. The number of aliphatic hydroxyl groups excluding tert-OH is 2. The van der Waals surface area contributed by atoms with Crippen molar-refractivity contribution in [2.24, 2.45) is 29.1 Å². The second kappa shape index (κ2) is 6.57. The van der Waals surface area contributed by atoms with E-state index in [2.05, 4.69) is 18.8 Å². The van der Waals surface area contributed by atoms with Crippen LogP contribution < -0.4 is 0 Å². The number of rotatable bonds is 1. The van der Waals surface area contributed by atoms with Gasteiger partial charge < -0.3 is 10.2 Å². The molecule has 3 aliphatic carbocycles. The summed E-state index contributed by atoms with van der Waals surface area (Å²) in [5.74, 6) is 8.02. The zero-order valence-corrected chi connectivity index (χ0v) is 14.4. The number of ketones is 1. The number of aliphatic hydroxyl groups is 2. The van der Waals surface area contributed by atoms with Crippen molar-refractivity contribution in [1.82, 2.24) is 0 Å². The first-order valence-electron chi connectivity index (χ1n) is 9.28. The molecule has 0 heterocycles. The molecule has 0 aliphatic heterocycles. The number of hydrogen-bond acceptors (Lipinski definition) is 3. The Bertz CT molecular complexity index is 515. The summed E-state index contributed by atoms with van der Waals surface area (Å²) in [7, 11) is 0. The summed E-state index contributed by atoms with van der Waals surface area (Å²) < 4.78 is 0. The third-order valence-corrected chi connectivity index (χ3v) is 7.03. The van der Waals surface area contributed by atoms with Gasteiger partial charge in [0.15, 0.2) is 0 Å². The Kier molecular flexibility index (Phi) is 4.85. The van der Waals surface area contributed by atoms with Crippen LogP contribution in [0.4, 0.5) is 0 Å². The molecule has 23 heavy (non-hydrogen) atoms. The average Bonchev–Trinajstić information content (AvgIpc) is 2.86. The molecule has 0 aromatic carbocycles. The third kappa shape index (κ3) is 3.08. The van der Waals surface area contributed by atoms with Gasteiger partial charge in [-0.1, -0.05) is 6.92 Å². The number of carbonyl (C=O) groups excluding carboxylic acids is 1. The minimum Gasteiger partial charge on any atom is -0.393 e. The fourth-order valence-electron chi connectivity index (χ4n) is 5.78. The molecule has 0 spiro atoms. The Morgan fingerprint density at radius 3 is 2.65 bits per heavy atom. The van der Waals surface area contributed by atoms with E-state index in [1.165, 1.54) is 0 Å². The van der Waals surface area contributed by atoms with Gasteiger partial charge in [-0.15, -0.1) is 11.8 Å². The topological polar surface area (TPSA) is 57.5 Å². The molecule has 0 aromatic heterocycles. The Hall–Kier alpha value is -0.850. The first-order chi connectivity index (χ1) is 10.9. The normalized spacial score (nSPS) is 45.4. The Balaban J connectivity index is 1.87. The predicted octanol–water partition coefficient (Wildman–Crippen LogP) is 2.93. The Morgan fingerprint density at radius 2 is 1.91 bits per heavy atom. The maximum absolute atomic E-state index is 12.7. The summed E-state index contributed by atoms with van der Waals surface area (Å²) in [6, 6.07) is 0. The maximum Gasteiger partial charge on any atom is 0.136 e. The number of Topliss-reactive ketones (excluding diaryl/α,β-unsaturated/α-hetero) is 1. The van der Waals surface area contributed by atoms with Crippen LogP contribution >= 0.6 is 0 Å². The van der Waals surface area contributed by atoms with Crippen LogP contribution in [-0.4, -0.2) is 28.2 Å². The Morgan fingerprint density at radius 1 is 1.17 bits per heavy atom. The Labute approximate surface area is 139 Å². The molecule has 128 valence electrons. The smallest absolute Gasteiger partial charge is 0.136 e. The van der Waals surface area contributed by atoms with Gasteiger partial charge in [-0.25, -0.2) is 0 Å². The van der Waals surface area contributed by atoms with E-state index < -0.39 is 6.10 Å². The first kappa shape index (κ1) is 17.0. The van der Waals surface area contributed by atoms with E-state index in [1.54, 1.807) is 0 Å².